The van der Waals surface area contributed by atoms with E-state index in [1.165, 1.54) is 11.1 Å². The van der Waals surface area contributed by atoms with Gasteiger partial charge in [0.2, 0.25) is 0 Å². The summed E-state index contributed by atoms with van der Waals surface area (Å²) in [6, 6.07) is 0. The fourth-order valence-corrected chi connectivity index (χ4v) is 1.73. The van der Waals surface area contributed by atoms with Crippen molar-refractivity contribution >= 4 is 5.84 Å². The van der Waals surface area contributed by atoms with Crippen LogP contribution in [0, 0.1) is 5.92 Å². The molecule has 1 rings (SSSR count). The molecule has 0 atom stereocenters. The molecule has 0 bridgehead atoms. The van der Waals surface area contributed by atoms with E-state index >= 15 is 0 Å². The Balaban J connectivity index is 3.09. The van der Waals surface area contributed by atoms with E-state index in [0.29, 0.717) is 5.92 Å². The summed E-state index contributed by atoms with van der Waals surface area (Å²) in [6.07, 6.45) is 4.55. The molecule has 0 aromatic heterocycles. The maximum Gasteiger partial charge on any atom is 0.129 e. The van der Waals surface area contributed by atoms with Gasteiger partial charge in [-0.2, -0.15) is 0 Å². The standard InChI is InChI=1S/C12H18N2/c1-5-10(9(3)4)11-7-8-14-12(11)13-6-2/h5-6,9H,1-2,7-8H2,3-4H3,(H,13,14)/b11-10+. The summed E-state index contributed by atoms with van der Waals surface area (Å²) in [5.41, 5.74) is 2.57. The molecule has 2 nitrogen and oxygen atoms in total. The Bertz CT molecular complexity index is 295. The fourth-order valence-electron chi connectivity index (χ4n) is 1.73. The summed E-state index contributed by atoms with van der Waals surface area (Å²) in [4.78, 5) is 4.22. The van der Waals surface area contributed by atoms with Crippen LogP contribution in [-0.4, -0.2) is 12.4 Å². The quantitative estimate of drug-likeness (QED) is 0.727. The molecule has 76 valence electrons. The predicted octanol–water partition coefficient (Wildman–Crippen LogP) is 2.66. The number of hydrogen-bond donors (Lipinski definition) is 1. The van der Waals surface area contributed by atoms with Gasteiger partial charge in [0.25, 0.3) is 0 Å². The Morgan fingerprint density at radius 2 is 2.21 bits per heavy atom. The molecule has 1 saturated heterocycles. The SMILES string of the molecule is C=C/N=C1/NCC/C1=C(/C=C)C(C)C. The minimum atomic E-state index is 0.498. The topological polar surface area (TPSA) is 24.4 Å². The summed E-state index contributed by atoms with van der Waals surface area (Å²) in [5.74, 6) is 1.46. The lowest BCUT2D eigenvalue weighted by molar-refractivity contribution is 0.780. The van der Waals surface area contributed by atoms with Crippen LogP contribution in [0.1, 0.15) is 20.3 Å². The molecule has 0 aromatic rings. The van der Waals surface area contributed by atoms with E-state index in [0.717, 1.165) is 18.8 Å². The summed E-state index contributed by atoms with van der Waals surface area (Å²) >= 11 is 0. The average molecular weight is 190 g/mol. The highest BCUT2D eigenvalue weighted by atomic mass is 15.0. The first kappa shape index (κ1) is 10.8. The van der Waals surface area contributed by atoms with Crippen molar-refractivity contribution in [3.63, 3.8) is 0 Å². The number of rotatable bonds is 3. The summed E-state index contributed by atoms with van der Waals surface area (Å²) < 4.78 is 0. The third-order valence-electron chi connectivity index (χ3n) is 2.36. The van der Waals surface area contributed by atoms with Crippen molar-refractivity contribution in [1.82, 2.24) is 5.32 Å². The maximum absolute atomic E-state index is 4.22. The minimum absolute atomic E-state index is 0.498. The van der Waals surface area contributed by atoms with Crippen molar-refractivity contribution in [2.75, 3.05) is 6.54 Å². The van der Waals surface area contributed by atoms with Crippen molar-refractivity contribution in [1.29, 1.82) is 0 Å². The van der Waals surface area contributed by atoms with Crippen molar-refractivity contribution in [3.8, 4) is 0 Å². The molecule has 0 saturated carbocycles. The Morgan fingerprint density at radius 1 is 1.50 bits per heavy atom. The minimum Gasteiger partial charge on any atom is -0.370 e. The lowest BCUT2D eigenvalue weighted by atomic mass is 9.96. The highest BCUT2D eigenvalue weighted by molar-refractivity contribution is 6.01. The zero-order chi connectivity index (χ0) is 10.6. The van der Waals surface area contributed by atoms with Gasteiger partial charge in [0, 0.05) is 12.7 Å². The normalized spacial score (nSPS) is 22.4. The van der Waals surface area contributed by atoms with E-state index in [9.17, 15) is 0 Å². The van der Waals surface area contributed by atoms with Crippen LogP contribution in [0.15, 0.2) is 41.6 Å². The zero-order valence-corrected chi connectivity index (χ0v) is 9.01. The Morgan fingerprint density at radius 3 is 2.71 bits per heavy atom. The fraction of sp³-hybridized carbons (Fsp3) is 0.417. The van der Waals surface area contributed by atoms with Gasteiger partial charge in [0.1, 0.15) is 5.84 Å². The highest BCUT2D eigenvalue weighted by Gasteiger charge is 2.18. The van der Waals surface area contributed by atoms with E-state index in [1.807, 2.05) is 6.08 Å². The molecule has 0 unspecified atom stereocenters. The van der Waals surface area contributed by atoms with E-state index in [4.69, 9.17) is 0 Å². The van der Waals surface area contributed by atoms with E-state index in [-0.39, 0.29) is 0 Å². The van der Waals surface area contributed by atoms with E-state index in [2.05, 4.69) is 37.3 Å². The second kappa shape index (κ2) is 4.80. The summed E-state index contributed by atoms with van der Waals surface area (Å²) in [5, 5.41) is 3.25. The van der Waals surface area contributed by atoms with Crippen molar-refractivity contribution in [3.05, 3.63) is 36.6 Å². The van der Waals surface area contributed by atoms with Gasteiger partial charge in [-0.3, -0.25) is 0 Å². The maximum atomic E-state index is 4.22. The zero-order valence-electron chi connectivity index (χ0n) is 9.01. The first-order valence-electron chi connectivity index (χ1n) is 4.99. The smallest absolute Gasteiger partial charge is 0.129 e. The van der Waals surface area contributed by atoms with Crippen LogP contribution in [0.25, 0.3) is 0 Å². The van der Waals surface area contributed by atoms with Gasteiger partial charge < -0.3 is 5.32 Å². The third kappa shape index (κ3) is 2.13. The van der Waals surface area contributed by atoms with Crippen LogP contribution in [-0.2, 0) is 0 Å². The second-order valence-electron chi connectivity index (χ2n) is 3.63. The van der Waals surface area contributed by atoms with Crippen LogP contribution in [0.3, 0.4) is 0 Å². The van der Waals surface area contributed by atoms with Gasteiger partial charge >= 0.3 is 0 Å². The molecule has 0 spiro atoms. The first-order chi connectivity index (χ1) is 6.70. The van der Waals surface area contributed by atoms with Gasteiger partial charge in [0.05, 0.1) is 0 Å². The molecule has 2 heteroatoms. The predicted molar refractivity (Wildman–Crippen MR) is 62.3 cm³/mol. The number of allylic oxidation sites excluding steroid dienone is 2. The molecule has 1 heterocycles. The molecule has 0 radical (unpaired) electrons. The lowest BCUT2D eigenvalue weighted by Crippen LogP contribution is -2.16. The molecule has 1 aliphatic rings. The van der Waals surface area contributed by atoms with Gasteiger partial charge in [-0.25, -0.2) is 4.99 Å². The van der Waals surface area contributed by atoms with Crippen LogP contribution >= 0.6 is 0 Å². The van der Waals surface area contributed by atoms with Crippen LogP contribution in [0.2, 0.25) is 0 Å². The van der Waals surface area contributed by atoms with Gasteiger partial charge in [-0.15, -0.1) is 0 Å². The van der Waals surface area contributed by atoms with Crippen LogP contribution in [0.5, 0.6) is 0 Å². The number of nitrogens with zero attached hydrogens (tertiary/aromatic N) is 1. The van der Waals surface area contributed by atoms with Gasteiger partial charge in [0.15, 0.2) is 0 Å². The molecule has 1 N–H and O–H groups in total. The summed E-state index contributed by atoms with van der Waals surface area (Å²) in [6.45, 7) is 12.8. The molecule has 1 aliphatic heterocycles. The van der Waals surface area contributed by atoms with Crippen molar-refractivity contribution in [2.45, 2.75) is 20.3 Å². The second-order valence-corrected chi connectivity index (χ2v) is 3.63. The van der Waals surface area contributed by atoms with Gasteiger partial charge in [-0.1, -0.05) is 33.1 Å². The molecular weight excluding hydrogens is 172 g/mol. The molecule has 1 fully saturated rings. The number of aliphatic imine (C=N–C) groups is 1. The number of nitrogens with one attached hydrogen (secondary N) is 1. The molecule has 0 aliphatic carbocycles. The van der Waals surface area contributed by atoms with Crippen molar-refractivity contribution in [2.24, 2.45) is 10.9 Å². The highest BCUT2D eigenvalue weighted by Crippen LogP contribution is 2.22. The number of hydrogen-bond acceptors (Lipinski definition) is 1. The lowest BCUT2D eigenvalue weighted by Gasteiger charge is -2.10. The third-order valence-corrected chi connectivity index (χ3v) is 2.36. The average Bonchev–Trinajstić information content (AvgIpc) is 2.55. The Hall–Kier alpha value is -1.31. The molecule has 14 heavy (non-hydrogen) atoms. The molecule has 0 aromatic carbocycles. The monoisotopic (exact) mass is 190 g/mol. The van der Waals surface area contributed by atoms with Crippen LogP contribution < -0.4 is 5.32 Å². The Kier molecular flexibility index (Phi) is 3.69. The van der Waals surface area contributed by atoms with E-state index in [1.54, 1.807) is 6.20 Å². The Labute approximate surface area is 86.1 Å². The van der Waals surface area contributed by atoms with Crippen molar-refractivity contribution < 1.29 is 0 Å². The molecule has 0 amide bonds. The largest absolute Gasteiger partial charge is 0.370 e. The van der Waals surface area contributed by atoms with Crippen LogP contribution in [0.4, 0.5) is 0 Å². The summed E-state index contributed by atoms with van der Waals surface area (Å²) in [7, 11) is 0. The molecular formula is C12H18N2. The first-order valence-corrected chi connectivity index (χ1v) is 4.99. The van der Waals surface area contributed by atoms with E-state index < -0.39 is 0 Å². The number of amidine groups is 1. The van der Waals surface area contributed by atoms with Gasteiger partial charge in [-0.05, 0) is 23.5 Å².